The van der Waals surface area contributed by atoms with Gasteiger partial charge in [0.1, 0.15) is 6.04 Å². The molecule has 9 heteroatoms. The lowest BCUT2D eigenvalue weighted by molar-refractivity contribution is -0.140. The second kappa shape index (κ2) is 14.6. The molecule has 0 saturated carbocycles. The van der Waals surface area contributed by atoms with Crippen molar-refractivity contribution in [2.24, 2.45) is 0 Å². The Balaban J connectivity index is 3.48. The van der Waals surface area contributed by atoms with Crippen molar-refractivity contribution in [2.45, 2.75) is 38.1 Å². The Bertz CT molecular complexity index is 330. The molecule has 128 valence electrons. The van der Waals surface area contributed by atoms with Crippen molar-refractivity contribution in [3.63, 3.8) is 0 Å². The van der Waals surface area contributed by atoms with E-state index in [4.69, 9.17) is 14.4 Å². The summed E-state index contributed by atoms with van der Waals surface area (Å²) in [4.78, 5) is 32.4. The number of carboxylic acids is 1. The van der Waals surface area contributed by atoms with E-state index in [0.717, 1.165) is 0 Å². The van der Waals surface area contributed by atoms with Gasteiger partial charge in [0, 0.05) is 18.9 Å². The number of carbonyl (C=O) groups excluding carboxylic acids is 2. The number of rotatable bonds is 15. The maximum absolute atomic E-state index is 11.4. The highest BCUT2D eigenvalue weighted by atomic mass is 32.2. The number of nitrogens with one attached hydrogen (secondary N) is 2. The molecule has 0 aliphatic rings. The number of amides is 2. The average Bonchev–Trinajstić information content (AvgIpc) is 2.49. The summed E-state index contributed by atoms with van der Waals surface area (Å²) in [7, 11) is 0. The lowest BCUT2D eigenvalue weighted by Crippen LogP contribution is -2.35. The number of aliphatic hydroxyl groups is 1. The van der Waals surface area contributed by atoms with Crippen LogP contribution in [0.5, 0.6) is 0 Å². The Morgan fingerprint density at radius 3 is 2.68 bits per heavy atom. The van der Waals surface area contributed by atoms with E-state index in [0.29, 0.717) is 51.0 Å². The Hall–Kier alpha value is -1.32. The Labute approximate surface area is 134 Å². The summed E-state index contributed by atoms with van der Waals surface area (Å²) in [5.41, 5.74) is 0. The van der Waals surface area contributed by atoms with Gasteiger partial charge in [0.25, 0.3) is 0 Å². The van der Waals surface area contributed by atoms with Gasteiger partial charge >= 0.3 is 5.97 Å². The van der Waals surface area contributed by atoms with Crippen LogP contribution in [0.2, 0.25) is 0 Å². The standard InChI is InChI=1S/C13H24N2O6S/c16-7-3-9-22-21-8-5-12(18)14-6-2-1-4-11(13(19)20)15-10-17/h10-11,16H,1-9H2,(H,14,18)(H,15,17)(H,19,20). The summed E-state index contributed by atoms with van der Waals surface area (Å²) in [6, 6.07) is -0.877. The van der Waals surface area contributed by atoms with Gasteiger partial charge in [-0.2, -0.15) is 0 Å². The third-order valence-electron chi connectivity index (χ3n) is 2.69. The Kier molecular flexibility index (Phi) is 13.7. The molecule has 0 aliphatic heterocycles. The monoisotopic (exact) mass is 336 g/mol. The normalized spacial score (nSPS) is 11.7. The van der Waals surface area contributed by atoms with E-state index < -0.39 is 12.0 Å². The van der Waals surface area contributed by atoms with Crippen LogP contribution in [0.15, 0.2) is 0 Å². The van der Waals surface area contributed by atoms with Gasteiger partial charge < -0.3 is 25.0 Å². The number of aliphatic carboxylic acids is 1. The molecule has 1 unspecified atom stereocenters. The van der Waals surface area contributed by atoms with Gasteiger partial charge in [-0.05, 0) is 37.7 Å². The molecule has 0 aromatic heterocycles. The van der Waals surface area contributed by atoms with E-state index in [1.165, 1.54) is 12.0 Å². The quantitative estimate of drug-likeness (QED) is 0.187. The molecule has 0 bridgehead atoms. The molecule has 22 heavy (non-hydrogen) atoms. The molecule has 2 amide bonds. The summed E-state index contributed by atoms with van der Waals surface area (Å²) < 4.78 is 5.16. The van der Waals surface area contributed by atoms with Gasteiger partial charge in [-0.3, -0.25) is 9.59 Å². The average molecular weight is 336 g/mol. The van der Waals surface area contributed by atoms with Crippen molar-refractivity contribution in [1.29, 1.82) is 0 Å². The van der Waals surface area contributed by atoms with E-state index in [1.807, 2.05) is 0 Å². The summed E-state index contributed by atoms with van der Waals surface area (Å²) in [5.74, 6) is -0.493. The van der Waals surface area contributed by atoms with Crippen molar-refractivity contribution >= 4 is 30.3 Å². The molecule has 0 saturated heterocycles. The van der Waals surface area contributed by atoms with Crippen LogP contribution in [0.4, 0.5) is 0 Å². The molecule has 0 rings (SSSR count). The van der Waals surface area contributed by atoms with Gasteiger partial charge in [-0.1, -0.05) is 0 Å². The van der Waals surface area contributed by atoms with Crippen LogP contribution in [0.3, 0.4) is 0 Å². The highest BCUT2D eigenvalue weighted by Crippen LogP contribution is 2.04. The first-order valence-corrected chi connectivity index (χ1v) is 8.07. The Morgan fingerprint density at radius 2 is 2.05 bits per heavy atom. The van der Waals surface area contributed by atoms with Gasteiger partial charge in [-0.15, -0.1) is 0 Å². The SMILES string of the molecule is O=CNC(CCCCNC(=O)CCOSCCCO)C(=O)O. The number of hydrogen-bond donors (Lipinski definition) is 4. The zero-order valence-corrected chi connectivity index (χ0v) is 13.3. The lowest BCUT2D eigenvalue weighted by Gasteiger charge is -2.10. The van der Waals surface area contributed by atoms with Crippen LogP contribution in [-0.4, -0.2) is 60.1 Å². The van der Waals surface area contributed by atoms with E-state index in [-0.39, 0.29) is 18.9 Å². The first kappa shape index (κ1) is 20.7. The molecule has 0 aliphatic carbocycles. The van der Waals surface area contributed by atoms with Crippen LogP contribution < -0.4 is 10.6 Å². The molecular weight excluding hydrogens is 312 g/mol. The van der Waals surface area contributed by atoms with Crippen LogP contribution in [0.1, 0.15) is 32.1 Å². The van der Waals surface area contributed by atoms with Crippen LogP contribution >= 0.6 is 12.0 Å². The predicted molar refractivity (Wildman–Crippen MR) is 82.2 cm³/mol. The zero-order valence-electron chi connectivity index (χ0n) is 12.5. The molecule has 4 N–H and O–H groups in total. The third kappa shape index (κ3) is 12.4. The molecule has 0 spiro atoms. The van der Waals surface area contributed by atoms with Crippen molar-refractivity contribution in [1.82, 2.24) is 10.6 Å². The molecule has 0 radical (unpaired) electrons. The number of aliphatic hydroxyl groups excluding tert-OH is 1. The molecule has 1 atom stereocenters. The summed E-state index contributed by atoms with van der Waals surface area (Å²) in [6.07, 6.45) is 2.85. The van der Waals surface area contributed by atoms with E-state index >= 15 is 0 Å². The molecule has 0 aromatic rings. The van der Waals surface area contributed by atoms with Crippen LogP contribution in [0.25, 0.3) is 0 Å². The largest absolute Gasteiger partial charge is 0.480 e. The maximum atomic E-state index is 11.4. The second-order valence-electron chi connectivity index (χ2n) is 4.49. The zero-order chi connectivity index (χ0) is 16.6. The van der Waals surface area contributed by atoms with Crippen molar-refractivity contribution in [3.8, 4) is 0 Å². The predicted octanol–water partition coefficient (Wildman–Crippen LogP) is -0.0906. The smallest absolute Gasteiger partial charge is 0.326 e. The molecule has 0 fully saturated rings. The molecule has 0 aromatic carbocycles. The number of unbranched alkanes of at least 4 members (excludes halogenated alkanes) is 1. The minimum absolute atomic E-state index is 0.122. The third-order valence-corrected chi connectivity index (χ3v) is 3.48. The van der Waals surface area contributed by atoms with Gasteiger partial charge in [0.15, 0.2) is 0 Å². The fraction of sp³-hybridized carbons (Fsp3) is 0.769. The van der Waals surface area contributed by atoms with Crippen molar-refractivity contribution in [2.75, 3.05) is 25.5 Å². The second-order valence-corrected chi connectivity index (χ2v) is 5.37. The van der Waals surface area contributed by atoms with Crippen molar-refractivity contribution in [3.05, 3.63) is 0 Å². The van der Waals surface area contributed by atoms with E-state index in [2.05, 4.69) is 10.6 Å². The first-order chi connectivity index (χ1) is 10.6. The molecular formula is C13H24N2O6S. The van der Waals surface area contributed by atoms with E-state index in [9.17, 15) is 14.4 Å². The van der Waals surface area contributed by atoms with Crippen LogP contribution in [-0.2, 0) is 18.6 Å². The minimum Gasteiger partial charge on any atom is -0.480 e. The molecule has 8 nitrogen and oxygen atoms in total. The number of hydrogen-bond acceptors (Lipinski definition) is 6. The lowest BCUT2D eigenvalue weighted by atomic mass is 10.1. The summed E-state index contributed by atoms with van der Waals surface area (Å²) in [5, 5.41) is 22.3. The maximum Gasteiger partial charge on any atom is 0.326 e. The number of carboxylic acid groups (broad SMARTS) is 1. The number of carbonyl (C=O) groups is 3. The molecule has 0 heterocycles. The highest BCUT2D eigenvalue weighted by Gasteiger charge is 2.15. The van der Waals surface area contributed by atoms with Crippen LogP contribution in [0, 0.1) is 0 Å². The fourth-order valence-electron chi connectivity index (χ4n) is 1.53. The van der Waals surface area contributed by atoms with Gasteiger partial charge in [-0.25, -0.2) is 4.79 Å². The van der Waals surface area contributed by atoms with E-state index in [1.54, 1.807) is 0 Å². The van der Waals surface area contributed by atoms with Gasteiger partial charge in [0.05, 0.1) is 13.0 Å². The highest BCUT2D eigenvalue weighted by molar-refractivity contribution is 7.94. The topological polar surface area (TPSA) is 125 Å². The fourth-order valence-corrected chi connectivity index (χ4v) is 2.09. The van der Waals surface area contributed by atoms with Gasteiger partial charge in [0.2, 0.25) is 12.3 Å². The summed E-state index contributed by atoms with van der Waals surface area (Å²) >= 11 is 1.23. The first-order valence-electron chi connectivity index (χ1n) is 7.16. The minimum atomic E-state index is -1.06. The van der Waals surface area contributed by atoms with Crippen molar-refractivity contribution < 1.29 is 28.8 Å². The Morgan fingerprint density at radius 1 is 1.27 bits per heavy atom. The summed E-state index contributed by atoms with van der Waals surface area (Å²) in [6.45, 7) is 0.901.